The van der Waals surface area contributed by atoms with Crippen LogP contribution < -0.4 is 62.7 Å². The van der Waals surface area contributed by atoms with Crippen LogP contribution in [-0.2, 0) is 75.0 Å². The second-order valence-electron chi connectivity index (χ2n) is 32.5. The molecule has 8 bridgehead atoms. The number of esters is 5. The lowest BCUT2D eigenvalue weighted by molar-refractivity contribution is -0.158. The van der Waals surface area contributed by atoms with E-state index in [2.05, 4.69) is 42.4 Å². The summed E-state index contributed by atoms with van der Waals surface area (Å²) in [5.74, 6) is 1.84. The van der Waals surface area contributed by atoms with Crippen LogP contribution in [0.3, 0.4) is 0 Å². The van der Waals surface area contributed by atoms with E-state index in [1.165, 1.54) is 65.8 Å². The fraction of sp³-hybridized carbons (Fsp3) is 0.522. The molecular formula is C92H113ClN8O22S2. The van der Waals surface area contributed by atoms with Gasteiger partial charge in [0, 0.05) is 120 Å². The van der Waals surface area contributed by atoms with E-state index in [-0.39, 0.29) is 126 Å². The minimum absolute atomic E-state index is 0. The number of aryl methyl sites for hydroxylation is 2. The molecule has 5 N–H and O–H groups in total. The minimum Gasteiger partial charge on any atom is -0.504 e. The molecule has 4 fully saturated rings. The van der Waals surface area contributed by atoms with E-state index in [0.29, 0.717) is 159 Å². The van der Waals surface area contributed by atoms with Gasteiger partial charge < -0.3 is 76.9 Å². The van der Waals surface area contributed by atoms with Gasteiger partial charge in [-0.1, -0.05) is 55.7 Å². The molecule has 14 heterocycles. The molecule has 33 heteroatoms. The highest BCUT2D eigenvalue weighted by molar-refractivity contribution is 7.99. The van der Waals surface area contributed by atoms with Crippen molar-refractivity contribution in [1.82, 2.24) is 30.2 Å². The van der Waals surface area contributed by atoms with Crippen molar-refractivity contribution < 1.29 is 106 Å². The summed E-state index contributed by atoms with van der Waals surface area (Å²) in [4.78, 5) is 86.8. The Kier molecular flexibility index (Phi) is 27.6. The summed E-state index contributed by atoms with van der Waals surface area (Å²) in [7, 11) is 9.99. The lowest BCUT2D eigenvalue weighted by Gasteiger charge is -2.62. The summed E-state index contributed by atoms with van der Waals surface area (Å²) >= 11 is 7.89. The fourth-order valence-electron chi connectivity index (χ4n) is 21.0. The second kappa shape index (κ2) is 36.7. The molecule has 0 saturated carbocycles. The van der Waals surface area contributed by atoms with Crippen LogP contribution in [0, 0.1) is 50.4 Å². The fourth-order valence-corrected chi connectivity index (χ4v) is 24.6. The van der Waals surface area contributed by atoms with Crippen molar-refractivity contribution >= 4 is 70.2 Å². The molecule has 14 aliphatic rings. The molecule has 0 amide bonds. The molecule has 0 radical (unpaired) electrons. The van der Waals surface area contributed by atoms with Crippen molar-refractivity contribution in [2.45, 2.75) is 218 Å². The number of hydrogen-bond donors (Lipinski definition) is 5. The maximum absolute atomic E-state index is 15.0. The van der Waals surface area contributed by atoms with Crippen LogP contribution in [0.2, 0.25) is 0 Å². The zero-order chi connectivity index (χ0) is 86.0. The second-order valence-corrected chi connectivity index (χ2v) is 35.2. The first kappa shape index (κ1) is 94.0. The van der Waals surface area contributed by atoms with Gasteiger partial charge >= 0.3 is 29.8 Å². The number of piperazine rings is 2. The van der Waals surface area contributed by atoms with Crippen molar-refractivity contribution in [3.05, 3.63) is 125 Å². The highest BCUT2D eigenvalue weighted by Crippen LogP contribution is 2.68. The van der Waals surface area contributed by atoms with Crippen LogP contribution in [0.15, 0.2) is 36.4 Å². The summed E-state index contributed by atoms with van der Waals surface area (Å²) < 4.78 is 78.4. The van der Waals surface area contributed by atoms with Crippen LogP contribution in [0.1, 0.15) is 207 Å². The van der Waals surface area contributed by atoms with Gasteiger partial charge in [0.1, 0.15) is 36.8 Å². The van der Waals surface area contributed by atoms with Gasteiger partial charge in [0.25, 0.3) is 0 Å². The number of nitrogens with zero attached hydrogens (tertiary/aromatic N) is 6. The Morgan fingerprint density at radius 2 is 0.952 bits per heavy atom. The van der Waals surface area contributed by atoms with Crippen molar-refractivity contribution in [3.8, 4) is 92.6 Å². The molecule has 4 saturated heterocycles. The molecule has 672 valence electrons. The van der Waals surface area contributed by atoms with E-state index in [1.54, 1.807) is 24.3 Å². The highest BCUT2D eigenvalue weighted by atomic mass is 35.5. The molecule has 6 aromatic rings. The zero-order valence-electron chi connectivity index (χ0n) is 69.7. The number of ether oxygens (including phenoxy) is 13. The van der Waals surface area contributed by atoms with Crippen molar-refractivity contribution in [1.29, 1.82) is 10.5 Å². The molecular weight excluding hydrogens is 1670 g/mol. The number of likely N-dealkylation sites (N-methyl/N-ethyl adjacent to an activating group) is 2. The van der Waals surface area contributed by atoms with Crippen molar-refractivity contribution in [2.24, 2.45) is 0 Å². The molecule has 2 unspecified atom stereocenters. The standard InChI is InChI=1S/C44H48N4O11S.C40H42N4O10S.C4H7ClO.4CH4/c1-8-9-31(50)59-30-14-23-10-11-46-44(25(23)15-29(30)53-6)18-60-42-34-33(41-40(56-19-57-41)21(3)39(34)58-22(4)49)28(17-55-43(44)52)48-27(16-45)26-13-24-12-20(2)38(54-7)37(51)32(24)35(36(42)48)47(26)5;1-17-9-21-10-23-24(13-41)44-25-14-51-39(48)40(22-12-27(49-5)26(46)11-20(22)7-8-42-40)15-55-38(32(44)31(43(23)4)28(21)33(47)34(17)50-6)30-29(25)37-36(52-16-53-37)18(2)35(30)54-19(3)45;1-2-3-4(5)6;;;;/h12,14-15,26-28,35-36,42,46,51H,8-11,13,17-19H2,1-7H3;9,11-12,23-25,31-32,38,42,46-47H,7-8,10,14-16H2,1-6H3;2-3H2,1H3;4*1H4/t26-,27-,28-,35+,36?,42+,44+;23-,24-,25-,31+,32?,38+,40+;;;;;/m00...../s1. The zero-order valence-corrected chi connectivity index (χ0v) is 72.1. The average Bonchev–Trinajstić information content (AvgIpc) is 1.69. The Labute approximate surface area is 742 Å². The number of halogens is 1. The first-order chi connectivity index (χ1) is 58.1. The number of thioether (sulfide) groups is 2. The number of phenols is 3. The SMILES string of the molecule is C.C.C.C.CCCC(=O)Cl.CCCC(=O)Oc1cc2c(cc1OC)[C@@]1(CS[C@@H]3c4c(OC(C)=O)c(C)c5c(c4[C@H](COC1=O)N1C3[C@H]3c4c(cc(C)c(OC)c4O)C[C@@H]([C@@H]1C#N)N3C)OCO5)NCC2.COc1cc2c(cc1O)CCN[C@]21CS[C@@H]2c3c(OC(C)=O)c(C)c4c(c3[C@H](COC1=O)N1C2[C@H]2c3c(cc(C)c(OC)c3O)C[C@@H]([C@@H]1C#N)N2C)OCO4. The molecule has 125 heavy (non-hydrogen) atoms. The van der Waals surface area contributed by atoms with Gasteiger partial charge in [-0.2, -0.15) is 10.5 Å². The van der Waals surface area contributed by atoms with E-state index >= 15 is 0 Å². The van der Waals surface area contributed by atoms with E-state index < -0.39 is 93.8 Å². The Morgan fingerprint density at radius 1 is 0.536 bits per heavy atom. The van der Waals surface area contributed by atoms with Gasteiger partial charge in [-0.05, 0) is 161 Å². The average molecular weight is 1780 g/mol. The quantitative estimate of drug-likeness (QED) is 0.0457. The molecule has 20 rings (SSSR count). The first-order valence-corrected chi connectivity index (χ1v) is 43.0. The number of hydrogen-bond acceptors (Lipinski definition) is 32. The summed E-state index contributed by atoms with van der Waals surface area (Å²) in [6.07, 6.45) is 4.28. The number of benzene rings is 6. The van der Waals surface area contributed by atoms with Gasteiger partial charge in [0.15, 0.2) is 80.1 Å². The van der Waals surface area contributed by atoms with Gasteiger partial charge in [0.05, 0.1) is 75.2 Å². The number of phenolic OH excluding ortho intramolecular Hbond substituents is 3. The molecule has 0 aliphatic carbocycles. The minimum atomic E-state index is -1.41. The highest BCUT2D eigenvalue weighted by Gasteiger charge is 2.65. The van der Waals surface area contributed by atoms with Gasteiger partial charge in [-0.3, -0.25) is 49.4 Å². The number of nitrogens with one attached hydrogen (secondary N) is 2. The van der Waals surface area contributed by atoms with Crippen molar-refractivity contribution in [3.63, 3.8) is 0 Å². The Morgan fingerprint density at radius 3 is 1.34 bits per heavy atom. The third kappa shape index (κ3) is 15.0. The monoisotopic (exact) mass is 1780 g/mol. The molecule has 2 spiro atoms. The van der Waals surface area contributed by atoms with Crippen LogP contribution in [-0.4, -0.2) is 200 Å². The lowest BCUT2D eigenvalue weighted by atomic mass is 9.71. The number of carbonyl (C=O) groups is 6. The third-order valence-corrected chi connectivity index (χ3v) is 29.1. The van der Waals surface area contributed by atoms with E-state index in [1.807, 2.05) is 67.8 Å². The molecule has 0 aromatic heterocycles. The number of carbonyl (C=O) groups excluding carboxylic acids is 6. The number of aromatic hydroxyl groups is 3. The van der Waals surface area contributed by atoms with E-state index in [0.717, 1.165) is 39.8 Å². The maximum atomic E-state index is 15.0. The van der Waals surface area contributed by atoms with Crippen LogP contribution in [0.5, 0.6) is 80.5 Å². The largest absolute Gasteiger partial charge is 0.504 e. The molecule has 14 atom stereocenters. The lowest BCUT2D eigenvalue weighted by Crippen LogP contribution is -2.69. The predicted octanol–water partition coefficient (Wildman–Crippen LogP) is 13.1. The Hall–Kier alpha value is -10.1. The summed E-state index contributed by atoms with van der Waals surface area (Å²) in [5, 5.41) is 62.9. The molecule has 14 aliphatic heterocycles. The van der Waals surface area contributed by atoms with E-state index in [4.69, 9.17) is 73.2 Å². The van der Waals surface area contributed by atoms with E-state index in [9.17, 15) is 54.6 Å². The Bertz CT molecular complexity index is 5410. The predicted molar refractivity (Wildman–Crippen MR) is 468 cm³/mol. The third-order valence-electron chi connectivity index (χ3n) is 26.0. The number of nitriles is 2. The van der Waals surface area contributed by atoms with Gasteiger partial charge in [-0.25, -0.2) is 9.59 Å². The summed E-state index contributed by atoms with van der Waals surface area (Å²) in [6.45, 7) is 14.3. The summed E-state index contributed by atoms with van der Waals surface area (Å²) in [6, 6.07) is 10.6. The summed E-state index contributed by atoms with van der Waals surface area (Å²) in [5.41, 5.74) is 8.73. The number of fused-ring (bicyclic) bond motifs is 18. The maximum Gasteiger partial charge on any atom is 0.331 e. The topological polar surface area (TPSA) is 368 Å². The van der Waals surface area contributed by atoms with Crippen LogP contribution in [0.4, 0.5) is 0 Å². The van der Waals surface area contributed by atoms with Crippen molar-refractivity contribution in [2.75, 3.05) is 93.9 Å². The first-order valence-electron chi connectivity index (χ1n) is 40.5. The smallest absolute Gasteiger partial charge is 0.331 e. The van der Waals surface area contributed by atoms with Gasteiger partial charge in [0.2, 0.25) is 18.8 Å². The van der Waals surface area contributed by atoms with Gasteiger partial charge in [-0.15, -0.1) is 23.5 Å². The Balaban J connectivity index is 0.000000208. The number of rotatable bonds is 11. The molecule has 6 aromatic carbocycles. The number of methoxy groups -OCH3 is 4. The van der Waals surface area contributed by atoms with Crippen LogP contribution in [0.25, 0.3) is 0 Å². The normalized spacial score (nSPS) is 26.3. The molecule has 30 nitrogen and oxygen atoms in total. The van der Waals surface area contributed by atoms with Crippen LogP contribution >= 0.6 is 35.1 Å².